The zero-order valence-corrected chi connectivity index (χ0v) is 9.87. The summed E-state index contributed by atoms with van der Waals surface area (Å²) in [5, 5.41) is 0.519. The Bertz CT molecular complexity index is 535. The number of alkyl halides is 3. The molecular formula is C13H11F3N2O. The number of hydrogen-bond donors (Lipinski definition) is 1. The SMILES string of the molecule is C=C1C=C(c2ccccc2)C(=O)N(CC(F)(F)F)N1. The van der Waals surface area contributed by atoms with Crippen molar-refractivity contribution in [1.82, 2.24) is 10.4 Å². The van der Waals surface area contributed by atoms with Gasteiger partial charge >= 0.3 is 6.18 Å². The first-order chi connectivity index (χ1) is 8.87. The topological polar surface area (TPSA) is 32.3 Å². The Labute approximate surface area is 108 Å². The predicted molar refractivity (Wildman–Crippen MR) is 64.5 cm³/mol. The predicted octanol–water partition coefficient (Wildman–Crippen LogP) is 2.49. The fourth-order valence-electron chi connectivity index (χ4n) is 1.75. The number of carbonyl (C=O) groups is 1. The zero-order valence-electron chi connectivity index (χ0n) is 9.87. The van der Waals surface area contributed by atoms with Gasteiger partial charge in [-0.15, -0.1) is 0 Å². The quantitative estimate of drug-likeness (QED) is 0.893. The molecule has 0 bridgehead atoms. The second kappa shape index (κ2) is 4.79. The van der Waals surface area contributed by atoms with Crippen molar-refractivity contribution in [3.63, 3.8) is 0 Å². The molecule has 1 aromatic carbocycles. The molecule has 0 radical (unpaired) electrons. The molecule has 1 heterocycles. The monoisotopic (exact) mass is 268 g/mol. The number of benzene rings is 1. The Morgan fingerprint density at radius 2 is 1.84 bits per heavy atom. The third-order valence-corrected chi connectivity index (χ3v) is 2.49. The van der Waals surface area contributed by atoms with Crippen LogP contribution in [0.25, 0.3) is 5.57 Å². The number of nitrogens with zero attached hydrogens (tertiary/aromatic N) is 1. The Kier molecular flexibility index (Phi) is 3.33. The number of carbonyl (C=O) groups excluding carboxylic acids is 1. The maximum absolute atomic E-state index is 12.4. The molecule has 1 amide bonds. The van der Waals surface area contributed by atoms with Gasteiger partial charge in [0, 0.05) is 5.70 Å². The Morgan fingerprint density at radius 3 is 2.42 bits per heavy atom. The summed E-state index contributed by atoms with van der Waals surface area (Å²) >= 11 is 0. The molecule has 0 atom stereocenters. The number of nitrogens with one attached hydrogen (secondary N) is 1. The Morgan fingerprint density at radius 1 is 1.21 bits per heavy atom. The fraction of sp³-hybridized carbons (Fsp3) is 0.154. The molecule has 2 rings (SSSR count). The second-order valence-electron chi connectivity index (χ2n) is 4.07. The molecule has 1 aliphatic heterocycles. The van der Waals surface area contributed by atoms with E-state index in [4.69, 9.17) is 0 Å². The first-order valence-electron chi connectivity index (χ1n) is 5.48. The van der Waals surface area contributed by atoms with Crippen LogP contribution in [0.1, 0.15) is 5.56 Å². The summed E-state index contributed by atoms with van der Waals surface area (Å²) in [4.78, 5) is 12.0. The molecule has 0 saturated carbocycles. The highest BCUT2D eigenvalue weighted by Crippen LogP contribution is 2.24. The number of rotatable bonds is 2. The van der Waals surface area contributed by atoms with Crippen LogP contribution in [0.5, 0.6) is 0 Å². The van der Waals surface area contributed by atoms with E-state index in [1.807, 2.05) is 0 Å². The second-order valence-corrected chi connectivity index (χ2v) is 4.07. The molecule has 0 aromatic heterocycles. The smallest absolute Gasteiger partial charge is 0.296 e. The van der Waals surface area contributed by atoms with Gasteiger partial charge in [-0.25, -0.2) is 5.01 Å². The molecule has 3 nitrogen and oxygen atoms in total. The van der Waals surface area contributed by atoms with Crippen molar-refractivity contribution in [3.05, 3.63) is 54.2 Å². The highest BCUT2D eigenvalue weighted by Gasteiger charge is 2.36. The van der Waals surface area contributed by atoms with Crippen LogP contribution in [0.3, 0.4) is 0 Å². The number of halogens is 3. The molecule has 1 aromatic rings. The van der Waals surface area contributed by atoms with Crippen LogP contribution in [-0.2, 0) is 4.79 Å². The molecule has 1 aliphatic rings. The summed E-state index contributed by atoms with van der Waals surface area (Å²) in [5.74, 6) is -0.726. The molecular weight excluding hydrogens is 257 g/mol. The summed E-state index contributed by atoms with van der Waals surface area (Å²) in [6, 6.07) is 8.50. The van der Waals surface area contributed by atoms with Gasteiger partial charge in [-0.2, -0.15) is 13.2 Å². The number of allylic oxidation sites excluding steroid dienone is 1. The average molecular weight is 268 g/mol. The van der Waals surface area contributed by atoms with Crippen LogP contribution in [0.4, 0.5) is 13.2 Å². The summed E-state index contributed by atoms with van der Waals surface area (Å²) in [7, 11) is 0. The van der Waals surface area contributed by atoms with E-state index < -0.39 is 18.6 Å². The first kappa shape index (κ1) is 13.2. The van der Waals surface area contributed by atoms with Crippen molar-refractivity contribution in [2.24, 2.45) is 0 Å². The van der Waals surface area contributed by atoms with E-state index >= 15 is 0 Å². The van der Waals surface area contributed by atoms with Crippen LogP contribution in [-0.4, -0.2) is 23.6 Å². The van der Waals surface area contributed by atoms with Crippen molar-refractivity contribution in [1.29, 1.82) is 0 Å². The van der Waals surface area contributed by atoms with Gasteiger partial charge in [0.15, 0.2) is 0 Å². The van der Waals surface area contributed by atoms with Gasteiger partial charge in [-0.05, 0) is 11.6 Å². The van der Waals surface area contributed by atoms with Crippen LogP contribution in [0.2, 0.25) is 0 Å². The maximum atomic E-state index is 12.4. The maximum Gasteiger partial charge on any atom is 0.408 e. The highest BCUT2D eigenvalue weighted by atomic mass is 19.4. The number of amides is 1. The largest absolute Gasteiger partial charge is 0.408 e. The summed E-state index contributed by atoms with van der Waals surface area (Å²) in [6.07, 6.45) is -3.04. The van der Waals surface area contributed by atoms with Gasteiger partial charge < -0.3 is 0 Å². The lowest BCUT2D eigenvalue weighted by molar-refractivity contribution is -0.162. The molecule has 0 fully saturated rings. The average Bonchev–Trinajstić information content (AvgIpc) is 2.32. The minimum absolute atomic E-state index is 0.189. The molecule has 19 heavy (non-hydrogen) atoms. The van der Waals surface area contributed by atoms with E-state index in [0.717, 1.165) is 0 Å². The normalized spacial score (nSPS) is 16.2. The highest BCUT2D eigenvalue weighted by molar-refractivity contribution is 6.20. The minimum Gasteiger partial charge on any atom is -0.296 e. The molecule has 100 valence electrons. The van der Waals surface area contributed by atoms with E-state index in [-0.39, 0.29) is 11.3 Å². The lowest BCUT2D eigenvalue weighted by atomic mass is 10.0. The van der Waals surface area contributed by atoms with E-state index in [2.05, 4.69) is 12.0 Å². The molecule has 1 N–H and O–H groups in total. The first-order valence-corrected chi connectivity index (χ1v) is 5.48. The van der Waals surface area contributed by atoms with Gasteiger partial charge in [0.2, 0.25) is 0 Å². The molecule has 0 saturated heterocycles. The van der Waals surface area contributed by atoms with Crippen LogP contribution < -0.4 is 5.43 Å². The van der Waals surface area contributed by atoms with Crippen LogP contribution in [0, 0.1) is 0 Å². The Balaban J connectivity index is 2.30. The van der Waals surface area contributed by atoms with Gasteiger partial charge in [0.1, 0.15) is 6.54 Å². The fourth-order valence-corrected chi connectivity index (χ4v) is 1.75. The van der Waals surface area contributed by atoms with Gasteiger partial charge in [-0.1, -0.05) is 36.9 Å². The van der Waals surface area contributed by atoms with E-state index in [1.165, 1.54) is 6.08 Å². The standard InChI is InChI=1S/C13H11F3N2O/c1-9-7-11(10-5-3-2-4-6-10)12(19)18(17-9)8-13(14,15)16/h2-7,17H,1,8H2. The summed E-state index contributed by atoms with van der Waals surface area (Å²) in [6.45, 7) is 2.19. The van der Waals surface area contributed by atoms with Gasteiger partial charge in [0.25, 0.3) is 5.91 Å². The lowest BCUT2D eigenvalue weighted by Gasteiger charge is -2.30. The van der Waals surface area contributed by atoms with Gasteiger partial charge in [0.05, 0.1) is 5.57 Å². The molecule has 6 heteroatoms. The molecule has 0 unspecified atom stereocenters. The van der Waals surface area contributed by atoms with Crippen molar-refractivity contribution in [3.8, 4) is 0 Å². The van der Waals surface area contributed by atoms with E-state index in [9.17, 15) is 18.0 Å². The third-order valence-electron chi connectivity index (χ3n) is 2.49. The Hall–Kier alpha value is -2.24. The van der Waals surface area contributed by atoms with Crippen molar-refractivity contribution in [2.45, 2.75) is 6.18 Å². The number of hydrogen-bond acceptors (Lipinski definition) is 2. The van der Waals surface area contributed by atoms with Crippen LogP contribution >= 0.6 is 0 Å². The van der Waals surface area contributed by atoms with Gasteiger partial charge in [-0.3, -0.25) is 10.2 Å². The third kappa shape index (κ3) is 3.15. The van der Waals surface area contributed by atoms with Crippen LogP contribution in [0.15, 0.2) is 48.7 Å². The van der Waals surface area contributed by atoms with Crippen molar-refractivity contribution >= 4 is 11.5 Å². The van der Waals surface area contributed by atoms with E-state index in [0.29, 0.717) is 10.6 Å². The van der Waals surface area contributed by atoms with E-state index in [1.54, 1.807) is 30.3 Å². The minimum atomic E-state index is -4.47. The zero-order chi connectivity index (χ0) is 14.0. The lowest BCUT2D eigenvalue weighted by Crippen LogP contribution is -2.49. The summed E-state index contributed by atoms with van der Waals surface area (Å²) < 4.78 is 37.2. The molecule has 0 spiro atoms. The van der Waals surface area contributed by atoms with Crippen molar-refractivity contribution < 1.29 is 18.0 Å². The molecule has 0 aliphatic carbocycles. The summed E-state index contributed by atoms with van der Waals surface area (Å²) in [5.41, 5.74) is 3.30. The number of hydrazine groups is 1. The van der Waals surface area contributed by atoms with Crippen molar-refractivity contribution in [2.75, 3.05) is 6.54 Å².